The summed E-state index contributed by atoms with van der Waals surface area (Å²) in [5.74, 6) is 1.46. The van der Waals surface area contributed by atoms with Crippen LogP contribution in [0.25, 0.3) is 0 Å². The largest absolute Gasteiger partial charge is 0.478 e. The number of hydrogen-bond donors (Lipinski definition) is 0. The number of aromatic nitrogens is 2. The standard InChI is InChI=1S/C16H24N4O3/c1-2-22-14-5-6-17-16(18-14)20-9-7-19(8-10-20)15(21)12-13-4-3-11-23-13/h5-6,13H,2-4,7-12H2,1H3/t13-/m1/s1. The third-order valence-electron chi connectivity index (χ3n) is 4.25. The maximum Gasteiger partial charge on any atom is 0.228 e. The van der Waals surface area contributed by atoms with Gasteiger partial charge < -0.3 is 19.3 Å². The summed E-state index contributed by atoms with van der Waals surface area (Å²) in [4.78, 5) is 25.0. The molecule has 7 heteroatoms. The van der Waals surface area contributed by atoms with Crippen LogP contribution < -0.4 is 9.64 Å². The van der Waals surface area contributed by atoms with E-state index in [9.17, 15) is 4.79 Å². The number of carbonyl (C=O) groups excluding carboxylic acids is 1. The lowest BCUT2D eigenvalue weighted by Gasteiger charge is -2.35. The quantitative estimate of drug-likeness (QED) is 0.809. The summed E-state index contributed by atoms with van der Waals surface area (Å²) in [6, 6.07) is 1.76. The fourth-order valence-corrected chi connectivity index (χ4v) is 3.00. The molecule has 0 aromatic carbocycles. The Bertz CT molecular complexity index is 526. The minimum Gasteiger partial charge on any atom is -0.478 e. The van der Waals surface area contributed by atoms with Gasteiger partial charge in [0.15, 0.2) is 0 Å². The molecule has 3 heterocycles. The zero-order valence-electron chi connectivity index (χ0n) is 13.6. The van der Waals surface area contributed by atoms with Crippen LogP contribution in [0.15, 0.2) is 12.3 Å². The molecule has 0 aliphatic carbocycles. The SMILES string of the molecule is CCOc1ccnc(N2CCN(C(=O)C[C@H]3CCCO3)CC2)n1. The molecule has 23 heavy (non-hydrogen) atoms. The fourth-order valence-electron chi connectivity index (χ4n) is 3.00. The average Bonchev–Trinajstić information content (AvgIpc) is 3.08. The summed E-state index contributed by atoms with van der Waals surface area (Å²) < 4.78 is 11.0. The highest BCUT2D eigenvalue weighted by Gasteiger charge is 2.26. The average molecular weight is 320 g/mol. The molecule has 126 valence electrons. The van der Waals surface area contributed by atoms with Gasteiger partial charge in [0.1, 0.15) is 0 Å². The summed E-state index contributed by atoms with van der Waals surface area (Å²) in [6.07, 6.45) is 4.41. The number of anilines is 1. The smallest absolute Gasteiger partial charge is 0.228 e. The van der Waals surface area contributed by atoms with Crippen molar-refractivity contribution in [1.82, 2.24) is 14.9 Å². The molecule has 2 aliphatic heterocycles. The second-order valence-corrected chi connectivity index (χ2v) is 5.83. The molecule has 0 N–H and O–H groups in total. The molecule has 7 nitrogen and oxygen atoms in total. The maximum atomic E-state index is 12.3. The van der Waals surface area contributed by atoms with E-state index in [0.717, 1.165) is 32.5 Å². The van der Waals surface area contributed by atoms with Crippen molar-refractivity contribution in [1.29, 1.82) is 0 Å². The molecule has 2 fully saturated rings. The number of amides is 1. The molecule has 0 bridgehead atoms. The van der Waals surface area contributed by atoms with Gasteiger partial charge in [0, 0.05) is 45.0 Å². The number of carbonyl (C=O) groups is 1. The van der Waals surface area contributed by atoms with Gasteiger partial charge in [-0.15, -0.1) is 0 Å². The van der Waals surface area contributed by atoms with Gasteiger partial charge in [-0.2, -0.15) is 4.98 Å². The van der Waals surface area contributed by atoms with Gasteiger partial charge in [-0.1, -0.05) is 0 Å². The predicted octanol–water partition coefficient (Wildman–Crippen LogP) is 1.09. The highest BCUT2D eigenvalue weighted by molar-refractivity contribution is 5.77. The topological polar surface area (TPSA) is 67.8 Å². The first-order valence-corrected chi connectivity index (χ1v) is 8.36. The van der Waals surface area contributed by atoms with Gasteiger partial charge in [0.05, 0.1) is 19.1 Å². The van der Waals surface area contributed by atoms with E-state index in [0.29, 0.717) is 37.9 Å². The van der Waals surface area contributed by atoms with Crippen molar-refractivity contribution in [2.75, 3.05) is 44.3 Å². The maximum absolute atomic E-state index is 12.3. The lowest BCUT2D eigenvalue weighted by atomic mass is 10.1. The van der Waals surface area contributed by atoms with Crippen LogP contribution in [-0.2, 0) is 9.53 Å². The second-order valence-electron chi connectivity index (χ2n) is 5.83. The predicted molar refractivity (Wildman–Crippen MR) is 85.6 cm³/mol. The van der Waals surface area contributed by atoms with Crippen molar-refractivity contribution >= 4 is 11.9 Å². The van der Waals surface area contributed by atoms with E-state index in [1.807, 2.05) is 11.8 Å². The summed E-state index contributed by atoms with van der Waals surface area (Å²) in [7, 11) is 0. The van der Waals surface area contributed by atoms with Crippen LogP contribution >= 0.6 is 0 Å². The van der Waals surface area contributed by atoms with Crippen LogP contribution in [-0.4, -0.2) is 66.3 Å². The first kappa shape index (κ1) is 16.0. The van der Waals surface area contributed by atoms with Gasteiger partial charge >= 0.3 is 0 Å². The first-order valence-electron chi connectivity index (χ1n) is 8.36. The molecule has 0 unspecified atom stereocenters. The van der Waals surface area contributed by atoms with Crippen LogP contribution in [0, 0.1) is 0 Å². The van der Waals surface area contributed by atoms with Crippen molar-refractivity contribution in [2.24, 2.45) is 0 Å². The third-order valence-corrected chi connectivity index (χ3v) is 4.25. The molecule has 1 aromatic rings. The fraction of sp³-hybridized carbons (Fsp3) is 0.688. The van der Waals surface area contributed by atoms with E-state index < -0.39 is 0 Å². The van der Waals surface area contributed by atoms with E-state index in [1.54, 1.807) is 12.3 Å². The number of hydrogen-bond acceptors (Lipinski definition) is 6. The monoisotopic (exact) mass is 320 g/mol. The van der Waals surface area contributed by atoms with Gasteiger partial charge in [-0.25, -0.2) is 4.98 Å². The summed E-state index contributed by atoms with van der Waals surface area (Å²) in [6.45, 7) is 6.20. The van der Waals surface area contributed by atoms with Crippen molar-refractivity contribution in [3.8, 4) is 5.88 Å². The van der Waals surface area contributed by atoms with Crippen LogP contribution in [0.1, 0.15) is 26.2 Å². The van der Waals surface area contributed by atoms with Crippen LogP contribution in [0.3, 0.4) is 0 Å². The van der Waals surface area contributed by atoms with Gasteiger partial charge in [-0.3, -0.25) is 4.79 Å². The van der Waals surface area contributed by atoms with Crippen molar-refractivity contribution < 1.29 is 14.3 Å². The molecule has 1 amide bonds. The van der Waals surface area contributed by atoms with Crippen molar-refractivity contribution in [3.63, 3.8) is 0 Å². The second kappa shape index (κ2) is 7.59. The molecule has 1 atom stereocenters. The lowest BCUT2D eigenvalue weighted by Crippen LogP contribution is -2.49. The van der Waals surface area contributed by atoms with Crippen molar-refractivity contribution in [3.05, 3.63) is 12.3 Å². The first-order chi connectivity index (χ1) is 11.3. The Hall–Kier alpha value is -1.89. The minimum absolute atomic E-state index is 0.117. The highest BCUT2D eigenvalue weighted by atomic mass is 16.5. The Morgan fingerprint density at radius 1 is 1.39 bits per heavy atom. The minimum atomic E-state index is 0.117. The molecule has 0 saturated carbocycles. The summed E-state index contributed by atoms with van der Waals surface area (Å²) in [5, 5.41) is 0. The normalized spacial score (nSPS) is 21.5. The Labute approximate surface area is 136 Å². The molecule has 3 rings (SSSR count). The molecule has 0 radical (unpaired) electrons. The number of rotatable bonds is 5. The van der Waals surface area contributed by atoms with E-state index >= 15 is 0 Å². The van der Waals surface area contributed by atoms with E-state index in [4.69, 9.17) is 9.47 Å². The van der Waals surface area contributed by atoms with E-state index in [2.05, 4.69) is 14.9 Å². The van der Waals surface area contributed by atoms with Crippen molar-refractivity contribution in [2.45, 2.75) is 32.3 Å². The Kier molecular flexibility index (Phi) is 5.27. The third kappa shape index (κ3) is 4.10. The summed E-state index contributed by atoms with van der Waals surface area (Å²) >= 11 is 0. The Balaban J connectivity index is 1.51. The molecular formula is C16H24N4O3. The number of nitrogens with zero attached hydrogens (tertiary/aromatic N) is 4. The lowest BCUT2D eigenvalue weighted by molar-refractivity contribution is -0.133. The zero-order valence-corrected chi connectivity index (χ0v) is 13.6. The van der Waals surface area contributed by atoms with E-state index in [-0.39, 0.29) is 12.0 Å². The van der Waals surface area contributed by atoms with Gasteiger partial charge in [0.25, 0.3) is 0 Å². The Morgan fingerprint density at radius 2 is 2.22 bits per heavy atom. The molecule has 2 aliphatic rings. The summed E-state index contributed by atoms with van der Waals surface area (Å²) in [5.41, 5.74) is 0. The van der Waals surface area contributed by atoms with Gasteiger partial charge in [-0.05, 0) is 19.8 Å². The number of ether oxygens (including phenoxy) is 2. The number of piperazine rings is 1. The van der Waals surface area contributed by atoms with Crippen LogP contribution in [0.4, 0.5) is 5.95 Å². The Morgan fingerprint density at radius 3 is 2.91 bits per heavy atom. The molecular weight excluding hydrogens is 296 g/mol. The van der Waals surface area contributed by atoms with Crippen LogP contribution in [0.5, 0.6) is 5.88 Å². The molecule has 1 aromatic heterocycles. The molecule has 0 spiro atoms. The molecule has 2 saturated heterocycles. The van der Waals surface area contributed by atoms with Crippen LogP contribution in [0.2, 0.25) is 0 Å². The van der Waals surface area contributed by atoms with Gasteiger partial charge in [0.2, 0.25) is 17.7 Å². The zero-order chi connectivity index (χ0) is 16.1. The van der Waals surface area contributed by atoms with E-state index in [1.165, 1.54) is 0 Å². The highest BCUT2D eigenvalue weighted by Crippen LogP contribution is 2.18.